The van der Waals surface area contributed by atoms with Crippen molar-refractivity contribution in [2.45, 2.75) is 135 Å². The van der Waals surface area contributed by atoms with E-state index in [1.807, 2.05) is 30.3 Å². The molecule has 18 nitrogen and oxygen atoms in total. The van der Waals surface area contributed by atoms with Crippen LogP contribution in [0.5, 0.6) is 0 Å². The summed E-state index contributed by atoms with van der Waals surface area (Å²) in [5.74, 6) is -2.15. The van der Waals surface area contributed by atoms with Crippen molar-refractivity contribution in [1.29, 1.82) is 0 Å². The summed E-state index contributed by atoms with van der Waals surface area (Å²) >= 11 is 0. The van der Waals surface area contributed by atoms with Gasteiger partial charge in [0.25, 0.3) is 5.91 Å². The number of methoxy groups -OCH3 is 1. The maximum atomic E-state index is 14.1. The van der Waals surface area contributed by atoms with Crippen molar-refractivity contribution >= 4 is 41.3 Å². The molecular weight excluding hydrogens is 813 g/mol. The van der Waals surface area contributed by atoms with Crippen molar-refractivity contribution in [2.75, 3.05) is 25.5 Å². The van der Waals surface area contributed by atoms with E-state index < -0.39 is 59.4 Å². The van der Waals surface area contributed by atoms with Crippen LogP contribution in [0.15, 0.2) is 60.9 Å². The van der Waals surface area contributed by atoms with Gasteiger partial charge in [-0.25, -0.2) is 4.98 Å². The van der Waals surface area contributed by atoms with Gasteiger partial charge in [0, 0.05) is 68.7 Å². The number of aliphatic hydroxyl groups is 1. The first-order chi connectivity index (χ1) is 29.7. The molecule has 1 unspecified atom stereocenters. The molecule has 1 aromatic heterocycles. The number of hydrogen-bond donors (Lipinski definition) is 6. The van der Waals surface area contributed by atoms with Gasteiger partial charge in [-0.05, 0) is 90.1 Å². The van der Waals surface area contributed by atoms with E-state index >= 15 is 0 Å². The number of nitrogens with one attached hydrogen (secondary N) is 4. The van der Waals surface area contributed by atoms with E-state index in [9.17, 15) is 33.9 Å². The van der Waals surface area contributed by atoms with Gasteiger partial charge in [0.1, 0.15) is 29.3 Å². The number of H-pyrrole nitrogens is 1. The number of aliphatic hydroxyl groups excluding tert-OH is 1. The number of nitrogens with zero attached hydrogens (tertiary/aromatic N) is 3. The topological polar surface area (TPSA) is 248 Å². The van der Waals surface area contributed by atoms with Gasteiger partial charge in [-0.1, -0.05) is 30.3 Å². The van der Waals surface area contributed by atoms with Gasteiger partial charge in [0.05, 0.1) is 26.1 Å². The molecule has 2 heterocycles. The Morgan fingerprint density at radius 3 is 2.24 bits per heavy atom. The molecule has 0 spiro atoms. The second-order valence-electron chi connectivity index (χ2n) is 17.5. The van der Waals surface area contributed by atoms with Crippen LogP contribution in [0.3, 0.4) is 0 Å². The first-order valence-corrected chi connectivity index (χ1v) is 21.2. The van der Waals surface area contributed by atoms with E-state index in [1.54, 1.807) is 81.9 Å². The van der Waals surface area contributed by atoms with E-state index in [4.69, 9.17) is 19.9 Å². The molecule has 2 aromatic carbocycles. The quantitative estimate of drug-likeness (QED) is 0.0389. The third-order valence-electron chi connectivity index (χ3n) is 9.81. The van der Waals surface area contributed by atoms with Crippen LogP contribution in [0.25, 0.3) is 0 Å². The van der Waals surface area contributed by atoms with Gasteiger partial charge >= 0.3 is 17.9 Å². The van der Waals surface area contributed by atoms with Gasteiger partial charge < -0.3 is 50.5 Å². The number of aromatic nitrogens is 2. The lowest BCUT2D eigenvalue weighted by molar-refractivity contribution is -0.156. The number of imidazole rings is 1. The van der Waals surface area contributed by atoms with Gasteiger partial charge in [-0.2, -0.15) is 0 Å². The van der Waals surface area contributed by atoms with E-state index in [-0.39, 0.29) is 76.5 Å². The second kappa shape index (κ2) is 23.0. The molecule has 0 bridgehead atoms. The van der Waals surface area contributed by atoms with Crippen LogP contribution in [-0.4, -0.2) is 116 Å². The first kappa shape index (κ1) is 49.8. The van der Waals surface area contributed by atoms with Crippen LogP contribution in [0, 0.1) is 0 Å². The molecule has 0 aliphatic carbocycles. The lowest BCUT2D eigenvalue weighted by atomic mass is 10.1. The van der Waals surface area contributed by atoms with Gasteiger partial charge in [0.2, 0.25) is 11.8 Å². The van der Waals surface area contributed by atoms with Crippen LogP contribution in [0.2, 0.25) is 0 Å². The highest BCUT2D eigenvalue weighted by molar-refractivity contribution is 5.96. The van der Waals surface area contributed by atoms with Crippen LogP contribution >= 0.6 is 0 Å². The molecule has 0 saturated heterocycles. The zero-order valence-corrected chi connectivity index (χ0v) is 37.4. The molecule has 344 valence electrons. The number of fused-ring (bicyclic) bond motifs is 1. The van der Waals surface area contributed by atoms with Crippen molar-refractivity contribution in [2.24, 2.45) is 5.73 Å². The lowest BCUT2D eigenvalue weighted by Gasteiger charge is -2.27. The standard InChI is InChI=1S/C45H64N8O10/c1-44(2,3)62-37(54)18-15-32(46)40(57)51-34(17-19-38(55)63-45(4,5)6)41(58)49-20-11-23-52-27-31-24-30(14-16-33(31)50-35(43(52)60)25-39(56)61-7)42(59)53(28-36-47-21-22-48-36)26-29-12-9-8-10-13-29/h8-10,12-14,16,21-22,24,32,34-35,40,50-51,57H,11,15,17-20,23,25-28,46H2,1-7H3,(H,47,48)(H,49,58)/t32?,34-,35-,40+/m0/s1. The van der Waals surface area contributed by atoms with Crippen LogP contribution in [-0.2, 0) is 57.8 Å². The molecule has 4 atom stereocenters. The Kier molecular flexibility index (Phi) is 18.2. The largest absolute Gasteiger partial charge is 0.469 e. The van der Waals surface area contributed by atoms with Crippen molar-refractivity contribution in [1.82, 2.24) is 30.4 Å². The molecule has 3 amide bonds. The summed E-state index contributed by atoms with van der Waals surface area (Å²) < 4.78 is 15.6. The Labute approximate surface area is 369 Å². The molecule has 4 rings (SSSR count). The number of esters is 3. The van der Waals surface area contributed by atoms with E-state index in [0.29, 0.717) is 29.2 Å². The summed E-state index contributed by atoms with van der Waals surface area (Å²) in [6.45, 7) is 11.3. The maximum Gasteiger partial charge on any atom is 0.308 e. The fourth-order valence-corrected chi connectivity index (χ4v) is 6.79. The molecule has 0 radical (unpaired) electrons. The number of carbonyl (C=O) groups is 6. The normalized spacial score (nSPS) is 15.5. The molecular formula is C45H64N8O10. The van der Waals surface area contributed by atoms with Crippen LogP contribution < -0.4 is 21.7 Å². The van der Waals surface area contributed by atoms with Crippen LogP contribution in [0.4, 0.5) is 5.69 Å². The van der Waals surface area contributed by atoms with Gasteiger partial charge in [-0.3, -0.25) is 34.1 Å². The highest BCUT2D eigenvalue weighted by Crippen LogP contribution is 2.27. The Hall–Kier alpha value is -5.85. The smallest absolute Gasteiger partial charge is 0.308 e. The zero-order valence-electron chi connectivity index (χ0n) is 37.4. The molecule has 63 heavy (non-hydrogen) atoms. The molecule has 18 heteroatoms. The highest BCUT2D eigenvalue weighted by Gasteiger charge is 2.33. The number of hydrogen-bond acceptors (Lipinski definition) is 14. The number of benzene rings is 2. The van der Waals surface area contributed by atoms with E-state index in [1.165, 1.54) is 7.11 Å². The summed E-state index contributed by atoms with van der Waals surface area (Å²) in [6, 6.07) is 11.7. The average molecular weight is 877 g/mol. The summed E-state index contributed by atoms with van der Waals surface area (Å²) in [5.41, 5.74) is 7.30. The SMILES string of the molecule is COC(=O)C[C@@H]1Nc2ccc(C(=O)N(Cc3ccccc3)Cc3ncc[nH]3)cc2CN(CCCNC(=O)[C@H](CCC(=O)OC(C)(C)C)N[C@H](O)C(N)CCC(=O)OC(C)(C)C)C1=O. The third kappa shape index (κ3) is 16.7. The number of rotatable bonds is 21. The molecule has 1 aliphatic rings. The van der Waals surface area contributed by atoms with E-state index in [0.717, 1.165) is 5.56 Å². The fraction of sp³-hybridized carbons (Fsp3) is 0.533. The predicted octanol–water partition coefficient (Wildman–Crippen LogP) is 3.29. The molecule has 0 fully saturated rings. The zero-order chi connectivity index (χ0) is 46.3. The van der Waals surface area contributed by atoms with Crippen molar-refractivity contribution in [3.63, 3.8) is 0 Å². The van der Waals surface area contributed by atoms with E-state index in [2.05, 4.69) is 25.9 Å². The summed E-state index contributed by atoms with van der Waals surface area (Å²) in [7, 11) is 1.24. The van der Waals surface area contributed by atoms with Gasteiger partial charge in [0.15, 0.2) is 0 Å². The maximum absolute atomic E-state index is 14.1. The minimum absolute atomic E-state index is 0.0375. The summed E-state index contributed by atoms with van der Waals surface area (Å²) in [6.07, 6.45) is 1.76. The lowest BCUT2D eigenvalue weighted by Crippen LogP contribution is -2.54. The number of anilines is 1. The Balaban J connectivity index is 1.47. The number of nitrogens with two attached hydrogens (primary N) is 1. The molecule has 1 aliphatic heterocycles. The van der Waals surface area contributed by atoms with Crippen molar-refractivity contribution < 1.29 is 48.1 Å². The molecule has 7 N–H and O–H groups in total. The monoisotopic (exact) mass is 876 g/mol. The second-order valence-corrected chi connectivity index (χ2v) is 17.5. The average Bonchev–Trinajstić information content (AvgIpc) is 3.69. The number of ether oxygens (including phenoxy) is 3. The minimum atomic E-state index is -1.41. The Morgan fingerprint density at radius 1 is 0.952 bits per heavy atom. The summed E-state index contributed by atoms with van der Waals surface area (Å²) in [4.78, 5) is 89.6. The first-order valence-electron chi connectivity index (χ1n) is 21.2. The Bertz CT molecular complexity index is 2000. The number of aromatic amines is 1. The molecule has 0 saturated carbocycles. The third-order valence-corrected chi connectivity index (χ3v) is 9.81. The highest BCUT2D eigenvalue weighted by atomic mass is 16.6. The predicted molar refractivity (Wildman–Crippen MR) is 233 cm³/mol. The number of carbonyl (C=O) groups excluding carboxylic acids is 6. The Morgan fingerprint density at radius 2 is 1.62 bits per heavy atom. The number of amides is 3. The summed E-state index contributed by atoms with van der Waals surface area (Å²) in [5, 5.41) is 19.7. The van der Waals surface area contributed by atoms with Gasteiger partial charge in [-0.15, -0.1) is 0 Å². The van der Waals surface area contributed by atoms with Crippen molar-refractivity contribution in [3.05, 3.63) is 83.4 Å². The minimum Gasteiger partial charge on any atom is -0.469 e. The molecule has 3 aromatic rings. The fourth-order valence-electron chi connectivity index (χ4n) is 6.79. The van der Waals surface area contributed by atoms with Crippen LogP contribution in [0.1, 0.15) is 107 Å². The van der Waals surface area contributed by atoms with Crippen molar-refractivity contribution in [3.8, 4) is 0 Å².